The molecule has 0 saturated carbocycles. The Hall–Kier alpha value is -1.81. The van der Waals surface area contributed by atoms with Crippen LogP contribution in [0, 0.1) is 0 Å². The number of carbonyl (C=O) groups is 1. The maximum atomic E-state index is 12.8. The molecule has 1 aromatic carbocycles. The molecular formula is C15H14BrF3N4OS. The third-order valence-electron chi connectivity index (χ3n) is 3.06. The molecule has 25 heavy (non-hydrogen) atoms. The van der Waals surface area contributed by atoms with Gasteiger partial charge in [0, 0.05) is 16.4 Å². The molecule has 0 aliphatic heterocycles. The summed E-state index contributed by atoms with van der Waals surface area (Å²) in [7, 11) is 1.48. The molecule has 134 valence electrons. The van der Waals surface area contributed by atoms with Gasteiger partial charge >= 0.3 is 6.18 Å². The summed E-state index contributed by atoms with van der Waals surface area (Å²) in [6.07, 6.45) is -4.65. The normalized spacial score (nSPS) is 11.3. The van der Waals surface area contributed by atoms with Crippen molar-refractivity contribution in [2.45, 2.75) is 18.0 Å². The van der Waals surface area contributed by atoms with E-state index in [1.807, 2.05) is 6.92 Å². The summed E-state index contributed by atoms with van der Waals surface area (Å²) in [5.74, 6) is 0.261. The van der Waals surface area contributed by atoms with E-state index in [-0.39, 0.29) is 11.5 Å². The fourth-order valence-corrected chi connectivity index (χ4v) is 3.31. The number of hydrogen-bond donors (Lipinski definition) is 2. The van der Waals surface area contributed by atoms with E-state index >= 15 is 0 Å². The Morgan fingerprint density at radius 1 is 1.28 bits per heavy atom. The zero-order valence-electron chi connectivity index (χ0n) is 13.2. The van der Waals surface area contributed by atoms with Crippen molar-refractivity contribution in [3.05, 3.63) is 40.0 Å². The van der Waals surface area contributed by atoms with Gasteiger partial charge in [0.05, 0.1) is 11.3 Å². The SMILES string of the molecule is CCSc1cc(Br)ccc1C(=O)Nc1cc(C(F)(F)F)nnc1NC. The first-order valence-corrected chi connectivity index (χ1v) is 8.90. The largest absolute Gasteiger partial charge is 0.435 e. The minimum Gasteiger partial charge on any atom is -0.370 e. The lowest BCUT2D eigenvalue weighted by Crippen LogP contribution is -2.17. The molecule has 2 aromatic rings. The highest BCUT2D eigenvalue weighted by molar-refractivity contribution is 9.10. The number of alkyl halides is 3. The third kappa shape index (κ3) is 4.85. The highest BCUT2D eigenvalue weighted by atomic mass is 79.9. The molecule has 2 rings (SSSR count). The molecule has 0 atom stereocenters. The minimum atomic E-state index is -4.65. The summed E-state index contributed by atoms with van der Waals surface area (Å²) in [6.45, 7) is 1.94. The average molecular weight is 435 g/mol. The van der Waals surface area contributed by atoms with Gasteiger partial charge in [0.1, 0.15) is 0 Å². The number of amides is 1. The van der Waals surface area contributed by atoms with Crippen molar-refractivity contribution in [3.8, 4) is 0 Å². The van der Waals surface area contributed by atoms with Crippen molar-refractivity contribution in [1.82, 2.24) is 10.2 Å². The Labute approximate surface area is 154 Å². The summed E-state index contributed by atoms with van der Waals surface area (Å²) < 4.78 is 39.3. The number of anilines is 2. The Morgan fingerprint density at radius 3 is 2.60 bits per heavy atom. The predicted molar refractivity (Wildman–Crippen MR) is 95.1 cm³/mol. The number of nitrogens with zero attached hydrogens (tertiary/aromatic N) is 2. The molecule has 1 aromatic heterocycles. The first-order chi connectivity index (χ1) is 11.8. The van der Waals surface area contributed by atoms with Crippen LogP contribution in [-0.2, 0) is 6.18 Å². The van der Waals surface area contributed by atoms with Gasteiger partial charge in [0.2, 0.25) is 0 Å². The van der Waals surface area contributed by atoms with Crippen molar-refractivity contribution in [2.75, 3.05) is 23.4 Å². The monoisotopic (exact) mass is 434 g/mol. The molecule has 2 N–H and O–H groups in total. The molecule has 0 spiro atoms. The number of nitrogens with one attached hydrogen (secondary N) is 2. The van der Waals surface area contributed by atoms with E-state index in [2.05, 4.69) is 36.8 Å². The fourth-order valence-electron chi connectivity index (χ4n) is 1.96. The number of rotatable bonds is 5. The number of thioether (sulfide) groups is 1. The smallest absolute Gasteiger partial charge is 0.370 e. The molecule has 0 aliphatic rings. The molecule has 0 fully saturated rings. The predicted octanol–water partition coefficient (Wildman–Crippen LogP) is 4.66. The number of hydrogen-bond acceptors (Lipinski definition) is 5. The second-order valence-electron chi connectivity index (χ2n) is 4.77. The molecule has 1 amide bonds. The molecule has 0 saturated heterocycles. The zero-order valence-corrected chi connectivity index (χ0v) is 15.6. The maximum Gasteiger partial charge on any atom is 0.435 e. The van der Waals surface area contributed by atoms with Gasteiger partial charge in [-0.25, -0.2) is 0 Å². The second-order valence-corrected chi connectivity index (χ2v) is 6.99. The van der Waals surface area contributed by atoms with Crippen LogP contribution in [0.25, 0.3) is 0 Å². The van der Waals surface area contributed by atoms with E-state index < -0.39 is 17.8 Å². The molecule has 0 bridgehead atoms. The number of carbonyl (C=O) groups excluding carboxylic acids is 1. The number of benzene rings is 1. The topological polar surface area (TPSA) is 66.9 Å². The summed E-state index contributed by atoms with van der Waals surface area (Å²) in [5, 5.41) is 11.7. The van der Waals surface area contributed by atoms with Gasteiger partial charge in [-0.2, -0.15) is 13.2 Å². The van der Waals surface area contributed by atoms with E-state index in [0.717, 1.165) is 21.2 Å². The lowest BCUT2D eigenvalue weighted by atomic mass is 10.2. The molecule has 5 nitrogen and oxygen atoms in total. The van der Waals surface area contributed by atoms with E-state index in [4.69, 9.17) is 0 Å². The highest BCUT2D eigenvalue weighted by Crippen LogP contribution is 2.32. The van der Waals surface area contributed by atoms with Crippen molar-refractivity contribution in [1.29, 1.82) is 0 Å². The van der Waals surface area contributed by atoms with Crippen molar-refractivity contribution < 1.29 is 18.0 Å². The molecule has 1 heterocycles. The van der Waals surface area contributed by atoms with Crippen LogP contribution in [-0.4, -0.2) is 28.9 Å². The lowest BCUT2D eigenvalue weighted by molar-refractivity contribution is -0.141. The maximum absolute atomic E-state index is 12.8. The Kier molecular flexibility index (Phi) is 6.28. The van der Waals surface area contributed by atoms with Gasteiger partial charge in [-0.05, 0) is 30.0 Å². The standard InChI is InChI=1S/C15H14BrF3N4OS/c1-3-25-11-6-8(16)4-5-9(11)14(24)21-10-7-12(15(17,18)19)22-23-13(10)20-2/h4-7H,3H2,1-2H3,(H,20,23)(H,21,22,24). The first-order valence-electron chi connectivity index (χ1n) is 7.12. The van der Waals surface area contributed by atoms with Crippen LogP contribution in [0.4, 0.5) is 24.7 Å². The van der Waals surface area contributed by atoms with E-state index in [1.165, 1.54) is 18.8 Å². The van der Waals surface area contributed by atoms with Crippen LogP contribution < -0.4 is 10.6 Å². The van der Waals surface area contributed by atoms with Crippen LogP contribution in [0.5, 0.6) is 0 Å². The Morgan fingerprint density at radius 2 is 2.00 bits per heavy atom. The first kappa shape index (κ1) is 19.5. The van der Waals surface area contributed by atoms with Crippen molar-refractivity contribution in [3.63, 3.8) is 0 Å². The van der Waals surface area contributed by atoms with E-state index in [1.54, 1.807) is 18.2 Å². The second kappa shape index (κ2) is 8.05. The number of halogens is 4. The quantitative estimate of drug-likeness (QED) is 0.669. The highest BCUT2D eigenvalue weighted by Gasteiger charge is 2.34. The molecule has 0 radical (unpaired) electrons. The molecule has 10 heteroatoms. The summed E-state index contributed by atoms with van der Waals surface area (Å²) in [5.41, 5.74) is -0.909. The lowest BCUT2D eigenvalue weighted by Gasteiger charge is -2.13. The summed E-state index contributed by atoms with van der Waals surface area (Å²) in [6, 6.07) is 5.84. The number of aromatic nitrogens is 2. The third-order valence-corrected chi connectivity index (χ3v) is 4.49. The van der Waals surface area contributed by atoms with Crippen molar-refractivity contribution in [2.24, 2.45) is 0 Å². The van der Waals surface area contributed by atoms with Gasteiger partial charge < -0.3 is 10.6 Å². The molecule has 0 aliphatic carbocycles. The van der Waals surface area contributed by atoms with Crippen LogP contribution in [0.2, 0.25) is 0 Å². The minimum absolute atomic E-state index is 0.0446. The summed E-state index contributed by atoms with van der Waals surface area (Å²) in [4.78, 5) is 13.3. The van der Waals surface area contributed by atoms with Gasteiger partial charge in [-0.1, -0.05) is 22.9 Å². The van der Waals surface area contributed by atoms with Gasteiger partial charge in [0.25, 0.3) is 5.91 Å². The van der Waals surface area contributed by atoms with Crippen LogP contribution in [0.15, 0.2) is 33.6 Å². The van der Waals surface area contributed by atoms with Crippen LogP contribution in [0.3, 0.4) is 0 Å². The Balaban J connectivity index is 2.37. The van der Waals surface area contributed by atoms with E-state index in [0.29, 0.717) is 5.56 Å². The van der Waals surface area contributed by atoms with Crippen molar-refractivity contribution >= 4 is 45.1 Å². The molecule has 0 unspecified atom stereocenters. The van der Waals surface area contributed by atoms with Gasteiger partial charge in [-0.3, -0.25) is 4.79 Å². The van der Waals surface area contributed by atoms with Gasteiger partial charge in [0.15, 0.2) is 11.5 Å². The van der Waals surface area contributed by atoms with Crippen LogP contribution in [0.1, 0.15) is 23.0 Å². The summed E-state index contributed by atoms with van der Waals surface area (Å²) >= 11 is 4.80. The fraction of sp³-hybridized carbons (Fsp3) is 0.267. The van der Waals surface area contributed by atoms with E-state index in [9.17, 15) is 18.0 Å². The van der Waals surface area contributed by atoms with Gasteiger partial charge in [-0.15, -0.1) is 22.0 Å². The average Bonchev–Trinajstić information content (AvgIpc) is 2.54. The Bertz CT molecular complexity index is 786. The molecular weight excluding hydrogens is 421 g/mol. The van der Waals surface area contributed by atoms with Crippen LogP contribution >= 0.6 is 27.7 Å². The zero-order chi connectivity index (χ0) is 18.6.